The van der Waals surface area contributed by atoms with Crippen molar-refractivity contribution in [3.8, 4) is 0 Å². The van der Waals surface area contributed by atoms with Crippen LogP contribution in [0.1, 0.15) is 35.8 Å². The van der Waals surface area contributed by atoms with E-state index in [4.69, 9.17) is 9.47 Å². The first-order valence-corrected chi connectivity index (χ1v) is 9.37. The highest BCUT2D eigenvalue weighted by atomic mass is 16.5. The van der Waals surface area contributed by atoms with E-state index in [2.05, 4.69) is 24.3 Å². The summed E-state index contributed by atoms with van der Waals surface area (Å²) in [5.41, 5.74) is 2.44. The van der Waals surface area contributed by atoms with E-state index >= 15 is 0 Å². The van der Waals surface area contributed by atoms with Crippen LogP contribution >= 0.6 is 0 Å². The quantitative estimate of drug-likeness (QED) is 0.868. The molecule has 2 aliphatic heterocycles. The Hall–Kier alpha value is -1.72. The molecule has 0 radical (unpaired) electrons. The first-order chi connectivity index (χ1) is 12.8. The van der Waals surface area contributed by atoms with Crippen molar-refractivity contribution < 1.29 is 19.7 Å². The van der Waals surface area contributed by atoms with Crippen molar-refractivity contribution in [3.05, 3.63) is 71.8 Å². The zero-order valence-corrected chi connectivity index (χ0v) is 15.0. The highest BCUT2D eigenvalue weighted by Gasteiger charge is 2.25. The maximum absolute atomic E-state index is 9.70. The lowest BCUT2D eigenvalue weighted by Crippen LogP contribution is -2.30. The van der Waals surface area contributed by atoms with Crippen LogP contribution in [0, 0.1) is 0 Å². The van der Waals surface area contributed by atoms with Crippen molar-refractivity contribution in [1.29, 1.82) is 0 Å². The second-order valence-corrected chi connectivity index (χ2v) is 6.90. The topological polar surface area (TPSA) is 58.9 Å². The molecule has 4 rings (SSSR count). The summed E-state index contributed by atoms with van der Waals surface area (Å²) in [4.78, 5) is 0. The SMILES string of the molecule is O[C@@H]1COCC[C@H]1c1ccccc1.O[C@@H]1COCC[C@H]1c1ccccc1. The summed E-state index contributed by atoms with van der Waals surface area (Å²) >= 11 is 0. The number of aliphatic hydroxyl groups is 2. The van der Waals surface area contributed by atoms with E-state index in [9.17, 15) is 10.2 Å². The van der Waals surface area contributed by atoms with Gasteiger partial charge in [0.05, 0.1) is 25.4 Å². The fourth-order valence-electron chi connectivity index (χ4n) is 3.62. The Morgan fingerprint density at radius 1 is 0.615 bits per heavy atom. The van der Waals surface area contributed by atoms with E-state index in [0.717, 1.165) is 26.1 Å². The van der Waals surface area contributed by atoms with Gasteiger partial charge in [-0.25, -0.2) is 0 Å². The second kappa shape index (κ2) is 9.83. The summed E-state index contributed by atoms with van der Waals surface area (Å²) in [7, 11) is 0. The van der Waals surface area contributed by atoms with Crippen LogP contribution < -0.4 is 0 Å². The van der Waals surface area contributed by atoms with Crippen LogP contribution in [-0.2, 0) is 9.47 Å². The average molecular weight is 356 g/mol. The highest BCUT2D eigenvalue weighted by Crippen LogP contribution is 2.27. The maximum atomic E-state index is 9.70. The molecule has 4 heteroatoms. The molecule has 2 N–H and O–H groups in total. The minimum atomic E-state index is -0.337. The lowest BCUT2D eigenvalue weighted by atomic mass is 9.90. The second-order valence-electron chi connectivity index (χ2n) is 6.90. The van der Waals surface area contributed by atoms with Gasteiger partial charge in [0.15, 0.2) is 0 Å². The van der Waals surface area contributed by atoms with Crippen molar-refractivity contribution in [2.45, 2.75) is 36.9 Å². The monoisotopic (exact) mass is 356 g/mol. The lowest BCUT2D eigenvalue weighted by Gasteiger charge is -2.27. The number of benzene rings is 2. The van der Waals surface area contributed by atoms with Gasteiger partial charge in [-0.05, 0) is 24.0 Å². The van der Waals surface area contributed by atoms with Gasteiger partial charge < -0.3 is 19.7 Å². The maximum Gasteiger partial charge on any atom is 0.0842 e. The van der Waals surface area contributed by atoms with E-state index in [-0.39, 0.29) is 24.0 Å². The normalized spacial score (nSPS) is 28.7. The molecule has 4 atom stereocenters. The van der Waals surface area contributed by atoms with Gasteiger partial charge in [-0.3, -0.25) is 0 Å². The van der Waals surface area contributed by atoms with E-state index < -0.39 is 0 Å². The molecule has 0 amide bonds. The predicted octanol–water partition coefficient (Wildman–Crippen LogP) is 3.10. The average Bonchev–Trinajstić information content (AvgIpc) is 2.71. The Balaban J connectivity index is 0.000000151. The highest BCUT2D eigenvalue weighted by molar-refractivity contribution is 5.22. The van der Waals surface area contributed by atoms with Crippen LogP contribution in [0.5, 0.6) is 0 Å². The molecule has 0 spiro atoms. The van der Waals surface area contributed by atoms with Crippen LogP contribution in [-0.4, -0.2) is 48.8 Å². The smallest absolute Gasteiger partial charge is 0.0842 e. The van der Waals surface area contributed by atoms with Gasteiger partial charge in [0.25, 0.3) is 0 Å². The molecule has 2 aromatic rings. The van der Waals surface area contributed by atoms with Gasteiger partial charge in [0.1, 0.15) is 0 Å². The van der Waals surface area contributed by atoms with Crippen LogP contribution in [0.15, 0.2) is 60.7 Å². The van der Waals surface area contributed by atoms with Gasteiger partial charge in [0, 0.05) is 25.0 Å². The van der Waals surface area contributed by atoms with E-state index in [1.165, 1.54) is 11.1 Å². The Morgan fingerprint density at radius 3 is 1.35 bits per heavy atom. The fourth-order valence-corrected chi connectivity index (χ4v) is 3.62. The fraction of sp³-hybridized carbons (Fsp3) is 0.455. The minimum absolute atomic E-state index is 0.259. The van der Waals surface area contributed by atoms with Crippen molar-refractivity contribution in [2.75, 3.05) is 26.4 Å². The molecule has 26 heavy (non-hydrogen) atoms. The van der Waals surface area contributed by atoms with Gasteiger partial charge in [0.2, 0.25) is 0 Å². The predicted molar refractivity (Wildman–Crippen MR) is 101 cm³/mol. The first-order valence-electron chi connectivity index (χ1n) is 9.37. The summed E-state index contributed by atoms with van der Waals surface area (Å²) in [6, 6.07) is 20.3. The molecule has 0 bridgehead atoms. The van der Waals surface area contributed by atoms with Crippen molar-refractivity contribution in [3.63, 3.8) is 0 Å². The largest absolute Gasteiger partial charge is 0.390 e. The van der Waals surface area contributed by atoms with Crippen LogP contribution in [0.4, 0.5) is 0 Å². The summed E-state index contributed by atoms with van der Waals surface area (Å²) in [6.45, 7) is 2.46. The molecule has 2 heterocycles. The van der Waals surface area contributed by atoms with E-state index in [1.54, 1.807) is 0 Å². The zero-order chi connectivity index (χ0) is 18.2. The van der Waals surface area contributed by atoms with E-state index in [0.29, 0.717) is 13.2 Å². The Bertz CT molecular complexity index is 574. The summed E-state index contributed by atoms with van der Waals surface area (Å²) in [6.07, 6.45) is 1.17. The number of hydrogen-bond acceptors (Lipinski definition) is 4. The number of aliphatic hydroxyl groups excluding tert-OH is 2. The molecule has 0 aliphatic carbocycles. The molecule has 4 nitrogen and oxygen atoms in total. The molecule has 0 unspecified atom stereocenters. The first kappa shape index (κ1) is 19.1. The number of rotatable bonds is 2. The lowest BCUT2D eigenvalue weighted by molar-refractivity contribution is -0.0205. The summed E-state index contributed by atoms with van der Waals surface area (Å²) in [5, 5.41) is 19.4. The van der Waals surface area contributed by atoms with Gasteiger partial charge in [-0.1, -0.05) is 60.7 Å². The van der Waals surface area contributed by atoms with Gasteiger partial charge >= 0.3 is 0 Å². The Kier molecular flexibility index (Phi) is 7.21. The molecule has 2 saturated heterocycles. The number of hydrogen-bond donors (Lipinski definition) is 2. The number of ether oxygens (including phenoxy) is 2. The third-order valence-electron chi connectivity index (χ3n) is 5.11. The molecular weight excluding hydrogens is 328 g/mol. The molecule has 2 fully saturated rings. The molecule has 140 valence electrons. The molecular formula is C22H28O4. The van der Waals surface area contributed by atoms with Crippen LogP contribution in [0.3, 0.4) is 0 Å². The van der Waals surface area contributed by atoms with E-state index in [1.807, 2.05) is 36.4 Å². The van der Waals surface area contributed by atoms with Crippen LogP contribution in [0.25, 0.3) is 0 Å². The zero-order valence-electron chi connectivity index (χ0n) is 15.0. The standard InChI is InChI=1S/2C11H14O2/c2*12-11-8-13-7-6-10(11)9-4-2-1-3-5-9/h2*1-5,10-12H,6-8H2/t2*10-,11+/m00/s1. The van der Waals surface area contributed by atoms with Crippen molar-refractivity contribution in [1.82, 2.24) is 0 Å². The summed E-state index contributed by atoms with van der Waals surface area (Å²) < 4.78 is 10.4. The van der Waals surface area contributed by atoms with Gasteiger partial charge in [-0.2, -0.15) is 0 Å². The summed E-state index contributed by atoms with van der Waals surface area (Å²) in [5.74, 6) is 0.518. The Morgan fingerprint density at radius 2 is 1.00 bits per heavy atom. The minimum Gasteiger partial charge on any atom is -0.390 e. The van der Waals surface area contributed by atoms with Crippen molar-refractivity contribution in [2.24, 2.45) is 0 Å². The molecule has 0 aromatic heterocycles. The molecule has 0 saturated carbocycles. The van der Waals surface area contributed by atoms with Gasteiger partial charge in [-0.15, -0.1) is 0 Å². The molecule has 2 aliphatic rings. The van der Waals surface area contributed by atoms with Crippen molar-refractivity contribution >= 4 is 0 Å². The third kappa shape index (κ3) is 5.15. The molecule has 2 aromatic carbocycles. The third-order valence-corrected chi connectivity index (χ3v) is 5.11. The van der Waals surface area contributed by atoms with Crippen LogP contribution in [0.2, 0.25) is 0 Å². The Labute approximate surface area is 155 Å².